The molecule has 0 spiro atoms. The van der Waals surface area contributed by atoms with Crippen molar-refractivity contribution in [3.8, 4) is 10.6 Å². The number of aromatic nitrogens is 3. The highest BCUT2D eigenvalue weighted by molar-refractivity contribution is 7.19. The third-order valence-electron chi connectivity index (χ3n) is 2.03. The Morgan fingerprint density at radius 3 is 2.94 bits per heavy atom. The van der Waals surface area contributed by atoms with Crippen LogP contribution in [0.4, 0.5) is 11.1 Å². The molecule has 0 aliphatic carbocycles. The average molecular weight is 235 g/mol. The van der Waals surface area contributed by atoms with Crippen molar-refractivity contribution < 1.29 is 0 Å². The van der Waals surface area contributed by atoms with Crippen molar-refractivity contribution in [1.29, 1.82) is 0 Å². The van der Waals surface area contributed by atoms with Gasteiger partial charge in [0.05, 0.1) is 16.3 Å². The molecule has 0 unspecified atom stereocenters. The zero-order valence-electron chi connectivity index (χ0n) is 9.19. The molecule has 2 rings (SSSR count). The second-order valence-corrected chi connectivity index (χ2v) is 4.26. The van der Waals surface area contributed by atoms with Crippen LogP contribution in [0.25, 0.3) is 10.6 Å². The molecule has 0 aliphatic rings. The second-order valence-electron chi connectivity index (χ2n) is 3.26. The van der Waals surface area contributed by atoms with E-state index in [0.717, 1.165) is 27.9 Å². The lowest BCUT2D eigenvalue weighted by atomic mass is 10.3. The number of rotatable bonds is 3. The van der Waals surface area contributed by atoms with Gasteiger partial charge in [-0.05, 0) is 19.9 Å². The Labute approximate surface area is 97.8 Å². The molecule has 16 heavy (non-hydrogen) atoms. The molecule has 0 saturated heterocycles. The van der Waals surface area contributed by atoms with E-state index in [-0.39, 0.29) is 5.95 Å². The van der Waals surface area contributed by atoms with Crippen molar-refractivity contribution in [2.24, 2.45) is 0 Å². The van der Waals surface area contributed by atoms with Gasteiger partial charge in [-0.1, -0.05) is 11.3 Å². The highest BCUT2D eigenvalue weighted by atomic mass is 32.1. The average Bonchev–Trinajstić information content (AvgIpc) is 2.60. The van der Waals surface area contributed by atoms with Gasteiger partial charge in [0.15, 0.2) is 5.13 Å². The summed E-state index contributed by atoms with van der Waals surface area (Å²) >= 11 is 1.58. The van der Waals surface area contributed by atoms with Crippen LogP contribution in [0, 0.1) is 6.92 Å². The summed E-state index contributed by atoms with van der Waals surface area (Å²) in [6, 6.07) is 1.84. The highest BCUT2D eigenvalue weighted by Crippen LogP contribution is 2.31. The third kappa shape index (κ3) is 2.11. The minimum atomic E-state index is 0.287. The van der Waals surface area contributed by atoms with Gasteiger partial charge in [-0.3, -0.25) is 0 Å². The van der Waals surface area contributed by atoms with E-state index in [0.29, 0.717) is 0 Å². The van der Waals surface area contributed by atoms with Crippen LogP contribution >= 0.6 is 11.3 Å². The molecule has 0 aliphatic heterocycles. The van der Waals surface area contributed by atoms with Crippen LogP contribution in [0.15, 0.2) is 12.3 Å². The predicted molar refractivity (Wildman–Crippen MR) is 66.5 cm³/mol. The number of thiazole rings is 1. The summed E-state index contributed by atoms with van der Waals surface area (Å²) in [5.74, 6) is 0.287. The summed E-state index contributed by atoms with van der Waals surface area (Å²) < 4.78 is 0. The van der Waals surface area contributed by atoms with Crippen LogP contribution in [0.2, 0.25) is 0 Å². The standard InChI is InChI=1S/C10H13N5S/c1-3-12-10-14-6(2)8(16-10)7-4-5-13-9(11)15-7/h4-5H,3H2,1-2H3,(H,12,14)(H2,11,13,15). The van der Waals surface area contributed by atoms with Crippen molar-refractivity contribution >= 4 is 22.4 Å². The third-order valence-corrected chi connectivity index (χ3v) is 3.17. The Morgan fingerprint density at radius 1 is 1.44 bits per heavy atom. The molecule has 2 aromatic rings. The molecule has 0 amide bonds. The molecular formula is C10H13N5S. The second kappa shape index (κ2) is 4.44. The fourth-order valence-corrected chi connectivity index (χ4v) is 2.37. The number of anilines is 2. The van der Waals surface area contributed by atoms with Gasteiger partial charge in [0.2, 0.25) is 5.95 Å². The Balaban J connectivity index is 2.40. The van der Waals surface area contributed by atoms with Crippen LogP contribution in [0.5, 0.6) is 0 Å². The van der Waals surface area contributed by atoms with Crippen molar-refractivity contribution in [2.75, 3.05) is 17.6 Å². The molecule has 2 aromatic heterocycles. The van der Waals surface area contributed by atoms with Crippen molar-refractivity contribution in [1.82, 2.24) is 15.0 Å². The Kier molecular flexibility index (Phi) is 3.00. The van der Waals surface area contributed by atoms with E-state index >= 15 is 0 Å². The molecule has 0 aromatic carbocycles. The molecule has 84 valence electrons. The van der Waals surface area contributed by atoms with E-state index in [1.165, 1.54) is 0 Å². The maximum atomic E-state index is 5.56. The molecule has 0 saturated carbocycles. The fraction of sp³-hybridized carbons (Fsp3) is 0.300. The molecule has 0 fully saturated rings. The lowest BCUT2D eigenvalue weighted by molar-refractivity contribution is 1.16. The van der Waals surface area contributed by atoms with Crippen LogP contribution in [-0.4, -0.2) is 21.5 Å². The first-order valence-corrected chi connectivity index (χ1v) is 5.82. The number of nitrogens with zero attached hydrogens (tertiary/aromatic N) is 3. The lowest BCUT2D eigenvalue weighted by Gasteiger charge is -1.97. The molecular weight excluding hydrogens is 222 g/mol. The Hall–Kier alpha value is -1.69. The minimum Gasteiger partial charge on any atom is -0.368 e. The highest BCUT2D eigenvalue weighted by Gasteiger charge is 2.10. The van der Waals surface area contributed by atoms with E-state index in [2.05, 4.69) is 20.3 Å². The molecule has 2 heterocycles. The first-order valence-electron chi connectivity index (χ1n) is 5.01. The quantitative estimate of drug-likeness (QED) is 0.850. The number of nitrogens with two attached hydrogens (primary N) is 1. The zero-order valence-corrected chi connectivity index (χ0v) is 10.0. The largest absolute Gasteiger partial charge is 0.368 e. The molecule has 5 nitrogen and oxygen atoms in total. The Bertz CT molecular complexity index is 494. The number of aryl methyl sites for hydroxylation is 1. The normalized spacial score (nSPS) is 10.4. The predicted octanol–water partition coefficient (Wildman–Crippen LogP) is 1.92. The summed E-state index contributed by atoms with van der Waals surface area (Å²) in [5.41, 5.74) is 7.34. The summed E-state index contributed by atoms with van der Waals surface area (Å²) in [7, 11) is 0. The van der Waals surface area contributed by atoms with Crippen molar-refractivity contribution in [3.05, 3.63) is 18.0 Å². The number of nitrogens with one attached hydrogen (secondary N) is 1. The zero-order chi connectivity index (χ0) is 11.5. The van der Waals surface area contributed by atoms with Crippen LogP contribution in [-0.2, 0) is 0 Å². The number of hydrogen-bond acceptors (Lipinski definition) is 6. The van der Waals surface area contributed by atoms with Gasteiger partial charge in [0, 0.05) is 12.7 Å². The molecule has 0 atom stereocenters. The van der Waals surface area contributed by atoms with Gasteiger partial charge < -0.3 is 11.1 Å². The van der Waals surface area contributed by atoms with Crippen LogP contribution in [0.3, 0.4) is 0 Å². The molecule has 3 N–H and O–H groups in total. The number of nitrogen functional groups attached to an aromatic ring is 1. The van der Waals surface area contributed by atoms with Gasteiger partial charge >= 0.3 is 0 Å². The maximum Gasteiger partial charge on any atom is 0.220 e. The smallest absolute Gasteiger partial charge is 0.220 e. The summed E-state index contributed by atoms with van der Waals surface area (Å²) in [5, 5.41) is 4.10. The molecule has 6 heteroatoms. The van der Waals surface area contributed by atoms with Gasteiger partial charge in [-0.2, -0.15) is 0 Å². The van der Waals surface area contributed by atoms with E-state index < -0.39 is 0 Å². The lowest BCUT2D eigenvalue weighted by Crippen LogP contribution is -1.94. The SMILES string of the molecule is CCNc1nc(C)c(-c2ccnc(N)n2)s1. The van der Waals surface area contributed by atoms with Crippen molar-refractivity contribution in [3.63, 3.8) is 0 Å². The Morgan fingerprint density at radius 2 is 2.25 bits per heavy atom. The first-order chi connectivity index (χ1) is 7.70. The summed E-state index contributed by atoms with van der Waals surface area (Å²) in [6.45, 7) is 4.86. The van der Waals surface area contributed by atoms with Crippen LogP contribution in [0.1, 0.15) is 12.6 Å². The molecule has 0 radical (unpaired) electrons. The minimum absolute atomic E-state index is 0.287. The van der Waals surface area contributed by atoms with E-state index in [1.807, 2.05) is 19.9 Å². The monoisotopic (exact) mass is 235 g/mol. The van der Waals surface area contributed by atoms with Gasteiger partial charge in [0.1, 0.15) is 0 Å². The summed E-state index contributed by atoms with van der Waals surface area (Å²) in [6.07, 6.45) is 1.66. The van der Waals surface area contributed by atoms with E-state index in [1.54, 1.807) is 17.5 Å². The number of hydrogen-bond donors (Lipinski definition) is 2. The molecule has 0 bridgehead atoms. The van der Waals surface area contributed by atoms with Gasteiger partial charge in [-0.25, -0.2) is 15.0 Å². The van der Waals surface area contributed by atoms with Crippen molar-refractivity contribution in [2.45, 2.75) is 13.8 Å². The first kappa shape index (κ1) is 10.8. The van der Waals surface area contributed by atoms with E-state index in [4.69, 9.17) is 5.73 Å². The van der Waals surface area contributed by atoms with Gasteiger partial charge in [-0.15, -0.1) is 0 Å². The maximum absolute atomic E-state index is 5.56. The van der Waals surface area contributed by atoms with Gasteiger partial charge in [0.25, 0.3) is 0 Å². The fourth-order valence-electron chi connectivity index (χ4n) is 1.36. The van der Waals surface area contributed by atoms with E-state index in [9.17, 15) is 0 Å². The topological polar surface area (TPSA) is 76.7 Å². The van der Waals surface area contributed by atoms with Crippen LogP contribution < -0.4 is 11.1 Å². The summed E-state index contributed by atoms with van der Waals surface area (Å²) in [4.78, 5) is 13.5.